The first-order valence-corrected chi connectivity index (χ1v) is 11.4. The summed E-state index contributed by atoms with van der Waals surface area (Å²) in [5, 5.41) is 0.953. The molecule has 146 valence electrons. The maximum absolute atomic E-state index is 4.95. The highest BCUT2D eigenvalue weighted by atomic mass is 32.2. The largest absolute Gasteiger partial charge is 0.242 e. The van der Waals surface area contributed by atoms with Gasteiger partial charge in [-0.25, -0.2) is 4.99 Å². The van der Waals surface area contributed by atoms with Crippen LogP contribution in [-0.4, -0.2) is 5.04 Å². The van der Waals surface area contributed by atoms with Gasteiger partial charge in [0.1, 0.15) is 5.04 Å². The van der Waals surface area contributed by atoms with Gasteiger partial charge in [0.25, 0.3) is 0 Å². The Morgan fingerprint density at radius 2 is 1.00 bits per heavy atom. The molecule has 0 spiro atoms. The lowest BCUT2D eigenvalue weighted by Crippen LogP contribution is -1.90. The maximum Gasteiger partial charge on any atom is 0.103 e. The highest BCUT2D eigenvalue weighted by Gasteiger charge is 2.08. The van der Waals surface area contributed by atoms with Gasteiger partial charge < -0.3 is 0 Å². The minimum Gasteiger partial charge on any atom is -0.242 e. The number of rotatable bonds is 6. The average molecular weight is 424 g/mol. The number of aliphatic imine (C=N–C) groups is 1. The molecule has 3 heteroatoms. The molecule has 0 aliphatic rings. The van der Waals surface area contributed by atoms with E-state index in [-0.39, 0.29) is 0 Å². The first-order valence-electron chi connectivity index (χ1n) is 9.73. The van der Waals surface area contributed by atoms with Crippen molar-refractivity contribution in [2.75, 3.05) is 0 Å². The third kappa shape index (κ3) is 5.99. The molecule has 0 fully saturated rings. The van der Waals surface area contributed by atoms with Gasteiger partial charge in [0.15, 0.2) is 0 Å². The Kier molecular flexibility index (Phi) is 7.21. The molecule has 0 aliphatic heterocycles. The molecule has 0 aliphatic carbocycles. The van der Waals surface area contributed by atoms with Gasteiger partial charge in [0.05, 0.1) is 5.69 Å². The molecule has 0 N–H and O–H groups in total. The second kappa shape index (κ2) is 10.7. The van der Waals surface area contributed by atoms with E-state index in [0.29, 0.717) is 0 Å². The zero-order chi connectivity index (χ0) is 20.4. The molecule has 0 aromatic heterocycles. The predicted molar refractivity (Wildman–Crippen MR) is 133 cm³/mol. The summed E-state index contributed by atoms with van der Waals surface area (Å²) in [4.78, 5) is 8.49. The average Bonchev–Trinajstić information content (AvgIpc) is 2.81. The van der Waals surface area contributed by atoms with Gasteiger partial charge in [0.2, 0.25) is 0 Å². The van der Waals surface area contributed by atoms with Gasteiger partial charge in [-0.1, -0.05) is 108 Å². The van der Waals surface area contributed by atoms with E-state index in [1.165, 1.54) is 20.3 Å². The van der Waals surface area contributed by atoms with Crippen molar-refractivity contribution in [3.63, 3.8) is 0 Å². The Labute approximate surface area is 186 Å². The van der Waals surface area contributed by atoms with E-state index < -0.39 is 0 Å². The van der Waals surface area contributed by atoms with E-state index in [4.69, 9.17) is 4.99 Å². The van der Waals surface area contributed by atoms with Crippen molar-refractivity contribution in [2.24, 2.45) is 4.99 Å². The fourth-order valence-electron chi connectivity index (χ4n) is 2.83. The van der Waals surface area contributed by atoms with Gasteiger partial charge in [0, 0.05) is 14.7 Å². The number of benzene rings is 4. The summed E-state index contributed by atoms with van der Waals surface area (Å²) in [6.45, 7) is 0. The highest BCUT2D eigenvalue weighted by Crippen LogP contribution is 2.36. The summed E-state index contributed by atoms with van der Waals surface area (Å²) in [6, 6.07) is 41.5. The number of para-hydroxylation sites is 1. The van der Waals surface area contributed by atoms with Crippen LogP contribution < -0.4 is 0 Å². The monoisotopic (exact) mass is 423 g/mol. The molecule has 4 aromatic carbocycles. The number of hydrogen-bond acceptors (Lipinski definition) is 3. The first kappa shape index (κ1) is 20.3. The minimum absolute atomic E-state index is 0.948. The van der Waals surface area contributed by atoms with Crippen molar-refractivity contribution < 1.29 is 0 Å². The Bertz CT molecular complexity index is 1110. The van der Waals surface area contributed by atoms with Crippen LogP contribution in [0.4, 0.5) is 5.69 Å². The van der Waals surface area contributed by atoms with Gasteiger partial charge in [-0.3, -0.25) is 0 Å². The van der Waals surface area contributed by atoms with Crippen LogP contribution in [-0.2, 0) is 0 Å². The van der Waals surface area contributed by atoms with Crippen LogP contribution in [0.15, 0.2) is 142 Å². The smallest absolute Gasteiger partial charge is 0.103 e. The molecule has 0 heterocycles. The summed E-state index contributed by atoms with van der Waals surface area (Å²) in [5.41, 5.74) is 2.13. The summed E-state index contributed by atoms with van der Waals surface area (Å²) in [5.74, 6) is 0. The van der Waals surface area contributed by atoms with Crippen LogP contribution in [0, 0.1) is 0 Å². The fourth-order valence-corrected chi connectivity index (χ4v) is 4.73. The molecule has 0 unspecified atom stereocenters. The van der Waals surface area contributed by atoms with Crippen molar-refractivity contribution in [3.8, 4) is 0 Å². The van der Waals surface area contributed by atoms with Crippen molar-refractivity contribution in [1.82, 2.24) is 0 Å². The van der Waals surface area contributed by atoms with Crippen LogP contribution in [0.1, 0.15) is 5.56 Å². The van der Waals surface area contributed by atoms with Gasteiger partial charge >= 0.3 is 0 Å². The lowest BCUT2D eigenvalue weighted by molar-refractivity contribution is 1.47. The van der Waals surface area contributed by atoms with E-state index in [0.717, 1.165) is 10.7 Å². The van der Waals surface area contributed by atoms with E-state index in [1.807, 2.05) is 48.5 Å². The standard InChI is InChI=1S/C27H21NS2/c1-5-13-22(14-6-1)26(29-24-17-9-3-10-18-24)21-27(28-23-15-7-2-8-16-23)30-25-19-11-4-12-20-25/h1-21H/b26-21-,28-27-. The van der Waals surface area contributed by atoms with E-state index in [9.17, 15) is 0 Å². The molecule has 1 nitrogen and oxygen atoms in total. The third-order valence-electron chi connectivity index (χ3n) is 4.25. The van der Waals surface area contributed by atoms with Gasteiger partial charge in [-0.05, 0) is 48.0 Å². The second-order valence-corrected chi connectivity index (χ2v) is 8.70. The molecule has 4 rings (SSSR count). The SMILES string of the molecule is C(=C(/Sc1ccccc1)c1ccccc1)/C(=N/c1ccccc1)Sc1ccccc1. The predicted octanol–water partition coefficient (Wildman–Crippen LogP) is 8.34. The molecule has 0 bridgehead atoms. The zero-order valence-corrected chi connectivity index (χ0v) is 18.0. The van der Waals surface area contributed by atoms with E-state index >= 15 is 0 Å². The molecular weight excluding hydrogens is 402 g/mol. The topological polar surface area (TPSA) is 12.4 Å². The molecule has 0 radical (unpaired) electrons. The number of thioether (sulfide) groups is 2. The molecule has 30 heavy (non-hydrogen) atoms. The molecule has 0 amide bonds. The van der Waals surface area contributed by atoms with Gasteiger partial charge in [-0.15, -0.1) is 0 Å². The second-order valence-electron chi connectivity index (χ2n) is 6.49. The fraction of sp³-hybridized carbons (Fsp3) is 0. The lowest BCUT2D eigenvalue weighted by Gasteiger charge is -2.10. The van der Waals surface area contributed by atoms with E-state index in [2.05, 4.69) is 78.9 Å². The molecule has 0 atom stereocenters. The maximum atomic E-state index is 4.95. The molecule has 0 saturated heterocycles. The van der Waals surface area contributed by atoms with Crippen LogP contribution >= 0.6 is 23.5 Å². The Morgan fingerprint density at radius 1 is 0.533 bits per heavy atom. The Morgan fingerprint density at radius 3 is 1.57 bits per heavy atom. The van der Waals surface area contributed by atoms with Crippen molar-refractivity contribution in [2.45, 2.75) is 9.79 Å². The molecule has 0 saturated carbocycles. The summed E-state index contributed by atoms with van der Waals surface area (Å²) in [6.07, 6.45) is 2.19. The van der Waals surface area contributed by atoms with Crippen molar-refractivity contribution in [3.05, 3.63) is 133 Å². The summed E-state index contributed by atoms with van der Waals surface area (Å²) < 4.78 is 0. The van der Waals surface area contributed by atoms with Crippen molar-refractivity contribution in [1.29, 1.82) is 0 Å². The van der Waals surface area contributed by atoms with Crippen LogP contribution in [0.3, 0.4) is 0 Å². The van der Waals surface area contributed by atoms with Crippen LogP contribution in [0.25, 0.3) is 4.91 Å². The zero-order valence-electron chi connectivity index (χ0n) is 16.4. The third-order valence-corrected chi connectivity index (χ3v) is 6.25. The number of hydrogen-bond donors (Lipinski definition) is 0. The number of nitrogens with zero attached hydrogens (tertiary/aromatic N) is 1. The van der Waals surface area contributed by atoms with Crippen LogP contribution in [0.5, 0.6) is 0 Å². The van der Waals surface area contributed by atoms with Gasteiger partial charge in [-0.2, -0.15) is 0 Å². The first-order chi connectivity index (χ1) is 14.9. The summed E-state index contributed by atoms with van der Waals surface area (Å²) >= 11 is 3.44. The lowest BCUT2D eigenvalue weighted by atomic mass is 10.2. The normalized spacial score (nSPS) is 12.0. The Hall–Kier alpha value is -3.01. The van der Waals surface area contributed by atoms with Crippen molar-refractivity contribution >= 4 is 39.2 Å². The molecule has 4 aromatic rings. The quantitative estimate of drug-likeness (QED) is 0.175. The minimum atomic E-state index is 0.948. The van der Waals surface area contributed by atoms with E-state index in [1.54, 1.807) is 23.5 Å². The Balaban J connectivity index is 1.76. The molecular formula is C27H21NS2. The highest BCUT2D eigenvalue weighted by molar-refractivity contribution is 8.14. The summed E-state index contributed by atoms with van der Waals surface area (Å²) in [7, 11) is 0. The van der Waals surface area contributed by atoms with Crippen LogP contribution in [0.2, 0.25) is 0 Å².